The number of hydrogen-bond donors (Lipinski definition) is 1. The van der Waals surface area contributed by atoms with Crippen LogP contribution in [0.3, 0.4) is 0 Å². The van der Waals surface area contributed by atoms with E-state index in [2.05, 4.69) is 9.84 Å². The second-order valence-corrected chi connectivity index (χ2v) is 2.68. The molecule has 4 nitrogen and oxygen atoms in total. The Kier molecular flexibility index (Phi) is 3.34. The van der Waals surface area contributed by atoms with Gasteiger partial charge in [-0.1, -0.05) is 0 Å². The number of nitrogens with two attached hydrogens (primary N) is 1. The van der Waals surface area contributed by atoms with E-state index in [0.717, 1.165) is 0 Å². The van der Waals surface area contributed by atoms with Crippen molar-refractivity contribution in [3.8, 4) is 0 Å². The van der Waals surface area contributed by atoms with Crippen LogP contribution in [0.5, 0.6) is 0 Å². The van der Waals surface area contributed by atoms with Crippen molar-refractivity contribution in [3.05, 3.63) is 12.4 Å². The number of anilines is 1. The molecular formula is C7H10F3N3O. The van der Waals surface area contributed by atoms with Gasteiger partial charge in [-0.15, -0.1) is 13.2 Å². The Labute approximate surface area is 78.4 Å². The van der Waals surface area contributed by atoms with Crippen molar-refractivity contribution < 1.29 is 17.9 Å². The number of ether oxygens (including phenoxy) is 1. The maximum Gasteiger partial charge on any atom is 0.522 e. The van der Waals surface area contributed by atoms with Crippen LogP contribution < -0.4 is 5.73 Å². The first-order valence-corrected chi connectivity index (χ1v) is 3.96. The Morgan fingerprint density at radius 1 is 1.50 bits per heavy atom. The summed E-state index contributed by atoms with van der Waals surface area (Å²) in [6.45, 7) is -0.0173. The summed E-state index contributed by atoms with van der Waals surface area (Å²) in [6, 6.07) is 0. The molecule has 0 spiro atoms. The second-order valence-electron chi connectivity index (χ2n) is 2.68. The number of halogens is 3. The van der Waals surface area contributed by atoms with E-state index >= 15 is 0 Å². The third-order valence-corrected chi connectivity index (χ3v) is 1.45. The Morgan fingerprint density at radius 2 is 2.21 bits per heavy atom. The van der Waals surface area contributed by atoms with E-state index in [9.17, 15) is 13.2 Å². The average Bonchev–Trinajstić information content (AvgIpc) is 2.44. The zero-order valence-corrected chi connectivity index (χ0v) is 7.29. The quantitative estimate of drug-likeness (QED) is 0.762. The standard InChI is InChI=1S/C7H10F3N3O/c8-7(9,10)14-3-1-2-13-5-6(11)4-12-13/h4-5H,1-3,11H2. The van der Waals surface area contributed by atoms with Crippen LogP contribution in [0, 0.1) is 0 Å². The molecular weight excluding hydrogens is 199 g/mol. The van der Waals surface area contributed by atoms with Gasteiger partial charge >= 0.3 is 6.36 Å². The van der Waals surface area contributed by atoms with Gasteiger partial charge in [-0.05, 0) is 6.42 Å². The minimum Gasteiger partial charge on any atom is -0.396 e. The van der Waals surface area contributed by atoms with Crippen LogP contribution in [0.25, 0.3) is 0 Å². The summed E-state index contributed by atoms with van der Waals surface area (Å²) in [6.07, 6.45) is -1.33. The molecule has 0 bridgehead atoms. The molecule has 0 saturated heterocycles. The van der Waals surface area contributed by atoms with Crippen LogP contribution >= 0.6 is 0 Å². The third-order valence-electron chi connectivity index (χ3n) is 1.45. The lowest BCUT2D eigenvalue weighted by Crippen LogP contribution is -2.15. The van der Waals surface area contributed by atoms with Gasteiger partial charge in [0, 0.05) is 12.7 Å². The molecule has 0 aliphatic carbocycles. The molecule has 1 aromatic rings. The number of nitrogens with zero attached hydrogens (tertiary/aromatic N) is 2. The van der Waals surface area contributed by atoms with Crippen LogP contribution in [-0.2, 0) is 11.3 Å². The first kappa shape index (κ1) is 10.8. The summed E-state index contributed by atoms with van der Waals surface area (Å²) in [5.41, 5.74) is 5.85. The molecule has 1 heterocycles. The van der Waals surface area contributed by atoms with Crippen LogP contribution in [0.2, 0.25) is 0 Å². The number of aromatic nitrogens is 2. The molecule has 0 radical (unpaired) electrons. The third kappa shape index (κ3) is 4.13. The number of rotatable bonds is 4. The Balaban J connectivity index is 2.16. The zero-order chi connectivity index (χ0) is 10.6. The highest BCUT2D eigenvalue weighted by Gasteiger charge is 2.28. The van der Waals surface area contributed by atoms with Crippen molar-refractivity contribution in [2.24, 2.45) is 0 Å². The maximum atomic E-state index is 11.5. The van der Waals surface area contributed by atoms with E-state index in [1.807, 2.05) is 0 Å². The van der Waals surface area contributed by atoms with Crippen molar-refractivity contribution in [3.63, 3.8) is 0 Å². The fourth-order valence-corrected chi connectivity index (χ4v) is 0.916. The Bertz CT molecular complexity index is 284. The summed E-state index contributed by atoms with van der Waals surface area (Å²) >= 11 is 0. The minimum absolute atomic E-state index is 0.237. The van der Waals surface area contributed by atoms with Crippen molar-refractivity contribution in [2.75, 3.05) is 12.3 Å². The molecule has 0 saturated carbocycles. The number of hydrogen-bond acceptors (Lipinski definition) is 3. The monoisotopic (exact) mass is 209 g/mol. The summed E-state index contributed by atoms with van der Waals surface area (Å²) < 4.78 is 39.6. The first-order chi connectivity index (χ1) is 6.47. The van der Waals surface area contributed by atoms with Gasteiger partial charge in [-0.2, -0.15) is 5.10 Å². The molecule has 2 N–H and O–H groups in total. The molecule has 0 unspecified atom stereocenters. The fourth-order valence-electron chi connectivity index (χ4n) is 0.916. The molecule has 0 aliphatic rings. The van der Waals surface area contributed by atoms with Gasteiger partial charge in [0.25, 0.3) is 0 Å². The van der Waals surface area contributed by atoms with E-state index in [1.165, 1.54) is 10.9 Å². The molecule has 0 atom stereocenters. The second kappa shape index (κ2) is 4.32. The SMILES string of the molecule is Nc1cnn(CCCOC(F)(F)F)c1. The normalized spacial score (nSPS) is 11.9. The smallest absolute Gasteiger partial charge is 0.396 e. The Hall–Kier alpha value is -1.24. The highest BCUT2D eigenvalue weighted by atomic mass is 19.4. The zero-order valence-electron chi connectivity index (χ0n) is 7.29. The lowest BCUT2D eigenvalue weighted by atomic mass is 10.4. The molecule has 7 heteroatoms. The van der Waals surface area contributed by atoms with E-state index in [0.29, 0.717) is 12.2 Å². The molecule has 0 amide bonds. The van der Waals surface area contributed by atoms with Crippen LogP contribution in [0.15, 0.2) is 12.4 Å². The number of alkyl halides is 3. The summed E-state index contributed by atoms with van der Waals surface area (Å²) in [5.74, 6) is 0. The molecule has 1 rings (SSSR count). The van der Waals surface area contributed by atoms with Crippen molar-refractivity contribution in [1.29, 1.82) is 0 Å². The van der Waals surface area contributed by atoms with Crippen molar-refractivity contribution in [1.82, 2.24) is 9.78 Å². The lowest BCUT2D eigenvalue weighted by Gasteiger charge is -2.06. The van der Waals surface area contributed by atoms with Gasteiger partial charge in [-0.25, -0.2) is 0 Å². The summed E-state index contributed by atoms with van der Waals surface area (Å²) in [5, 5.41) is 3.80. The first-order valence-electron chi connectivity index (χ1n) is 3.96. The predicted molar refractivity (Wildman–Crippen MR) is 43.3 cm³/mol. The van der Waals surface area contributed by atoms with Gasteiger partial charge in [0.05, 0.1) is 18.5 Å². The van der Waals surface area contributed by atoms with E-state index < -0.39 is 6.36 Å². The van der Waals surface area contributed by atoms with E-state index in [1.54, 1.807) is 6.20 Å². The van der Waals surface area contributed by atoms with Gasteiger partial charge < -0.3 is 5.73 Å². The van der Waals surface area contributed by atoms with Crippen LogP contribution in [0.4, 0.5) is 18.9 Å². The maximum absolute atomic E-state index is 11.5. The minimum atomic E-state index is -4.55. The molecule has 0 fully saturated rings. The molecule has 0 aromatic carbocycles. The van der Waals surface area contributed by atoms with Gasteiger partial charge in [0.2, 0.25) is 0 Å². The van der Waals surface area contributed by atoms with Gasteiger partial charge in [0.15, 0.2) is 0 Å². The predicted octanol–water partition coefficient (Wildman–Crippen LogP) is 1.39. The highest BCUT2D eigenvalue weighted by molar-refractivity contribution is 5.30. The molecule has 14 heavy (non-hydrogen) atoms. The van der Waals surface area contributed by atoms with Crippen molar-refractivity contribution in [2.45, 2.75) is 19.3 Å². The average molecular weight is 209 g/mol. The number of aryl methyl sites for hydroxylation is 1. The topological polar surface area (TPSA) is 53.1 Å². The summed E-state index contributed by atoms with van der Waals surface area (Å²) in [7, 11) is 0. The largest absolute Gasteiger partial charge is 0.522 e. The van der Waals surface area contributed by atoms with E-state index in [4.69, 9.17) is 5.73 Å². The highest BCUT2D eigenvalue weighted by Crippen LogP contribution is 2.16. The van der Waals surface area contributed by atoms with Crippen LogP contribution in [-0.4, -0.2) is 22.7 Å². The Morgan fingerprint density at radius 3 is 2.71 bits per heavy atom. The molecule has 80 valence electrons. The van der Waals surface area contributed by atoms with E-state index in [-0.39, 0.29) is 13.0 Å². The lowest BCUT2D eigenvalue weighted by molar-refractivity contribution is -0.324. The number of nitrogen functional groups attached to an aromatic ring is 1. The van der Waals surface area contributed by atoms with Gasteiger partial charge in [0.1, 0.15) is 0 Å². The molecule has 0 aliphatic heterocycles. The fraction of sp³-hybridized carbons (Fsp3) is 0.571. The summed E-state index contributed by atoms with van der Waals surface area (Å²) in [4.78, 5) is 0. The molecule has 1 aromatic heterocycles. The van der Waals surface area contributed by atoms with Gasteiger partial charge in [-0.3, -0.25) is 9.42 Å². The van der Waals surface area contributed by atoms with Crippen LogP contribution in [0.1, 0.15) is 6.42 Å². The van der Waals surface area contributed by atoms with Crippen molar-refractivity contribution >= 4 is 5.69 Å².